The highest BCUT2D eigenvalue weighted by atomic mass is 16.7. The third-order valence-electron chi connectivity index (χ3n) is 4.87. The Labute approximate surface area is 145 Å². The minimum absolute atomic E-state index is 0.0145. The largest absolute Gasteiger partial charge is 0.465 e. The molecule has 5 N–H and O–H groups in total. The molecule has 2 fully saturated rings. The van der Waals surface area contributed by atoms with Crippen LogP contribution in [0.25, 0.3) is 0 Å². The van der Waals surface area contributed by atoms with Gasteiger partial charge in [-0.15, -0.1) is 6.58 Å². The van der Waals surface area contributed by atoms with Crippen molar-refractivity contribution in [1.82, 2.24) is 0 Å². The van der Waals surface area contributed by atoms with Crippen molar-refractivity contribution in [3.8, 4) is 0 Å². The zero-order chi connectivity index (χ0) is 18.6. The first kappa shape index (κ1) is 20.2. The highest BCUT2D eigenvalue weighted by molar-refractivity contribution is 5.73. The number of aliphatic hydroxyl groups excluding tert-OH is 5. The van der Waals surface area contributed by atoms with Crippen LogP contribution in [-0.4, -0.2) is 88.6 Å². The first-order chi connectivity index (χ1) is 11.9. The average molecular weight is 362 g/mol. The summed E-state index contributed by atoms with van der Waals surface area (Å²) in [5.41, 5.74) is 0. The molecule has 0 amide bonds. The summed E-state index contributed by atoms with van der Waals surface area (Å²) in [5.74, 6) is -1.72. The van der Waals surface area contributed by atoms with E-state index in [9.17, 15) is 30.3 Å². The van der Waals surface area contributed by atoms with Crippen LogP contribution < -0.4 is 0 Å². The second kappa shape index (κ2) is 9.04. The van der Waals surface area contributed by atoms with E-state index >= 15 is 0 Å². The van der Waals surface area contributed by atoms with Crippen molar-refractivity contribution in [2.75, 3.05) is 26.4 Å². The van der Waals surface area contributed by atoms with E-state index in [4.69, 9.17) is 14.2 Å². The van der Waals surface area contributed by atoms with E-state index in [2.05, 4.69) is 6.58 Å². The number of carbonyl (C=O) groups is 1. The lowest BCUT2D eigenvalue weighted by atomic mass is 9.78. The van der Waals surface area contributed by atoms with Gasteiger partial charge in [0, 0.05) is 5.92 Å². The van der Waals surface area contributed by atoms with Gasteiger partial charge in [0.1, 0.15) is 24.4 Å². The van der Waals surface area contributed by atoms with Crippen LogP contribution in [0, 0.1) is 17.8 Å². The Kier molecular flexibility index (Phi) is 7.32. The number of esters is 1. The lowest BCUT2D eigenvalue weighted by Crippen LogP contribution is -2.59. The van der Waals surface area contributed by atoms with Crippen molar-refractivity contribution in [3.05, 3.63) is 12.7 Å². The summed E-state index contributed by atoms with van der Waals surface area (Å²) in [6, 6.07) is 0. The molecule has 0 aromatic heterocycles. The molecule has 2 saturated heterocycles. The molecular weight excluding hydrogens is 336 g/mol. The van der Waals surface area contributed by atoms with Crippen LogP contribution in [0.5, 0.6) is 0 Å². The van der Waals surface area contributed by atoms with E-state index in [-0.39, 0.29) is 31.7 Å². The van der Waals surface area contributed by atoms with Gasteiger partial charge in [-0.05, 0) is 12.3 Å². The molecule has 2 aliphatic heterocycles. The molecule has 0 bridgehead atoms. The fraction of sp³-hybridized carbons (Fsp3) is 0.812. The SMILES string of the molecule is C=C[C@@H](CO[C@@H]1O[C@H](CO)[C@@H](O)[C@H](O)[C@H]1O)[C@@H]1CCOC(=O)[C@H]1CO. The topological polar surface area (TPSA) is 146 Å². The van der Waals surface area contributed by atoms with Crippen molar-refractivity contribution >= 4 is 5.97 Å². The van der Waals surface area contributed by atoms with Crippen molar-refractivity contribution in [2.45, 2.75) is 37.1 Å². The van der Waals surface area contributed by atoms with Crippen LogP contribution in [-0.2, 0) is 19.0 Å². The number of hydrogen-bond donors (Lipinski definition) is 5. The molecule has 8 atom stereocenters. The fourth-order valence-corrected chi connectivity index (χ4v) is 3.28. The van der Waals surface area contributed by atoms with Crippen LogP contribution in [0.15, 0.2) is 12.7 Å². The maximum Gasteiger partial charge on any atom is 0.311 e. The van der Waals surface area contributed by atoms with Crippen LogP contribution in [0.2, 0.25) is 0 Å². The van der Waals surface area contributed by atoms with Crippen LogP contribution in [0.3, 0.4) is 0 Å². The molecule has 0 spiro atoms. The Morgan fingerprint density at radius 3 is 2.52 bits per heavy atom. The molecule has 2 aliphatic rings. The number of aliphatic hydroxyl groups is 5. The quantitative estimate of drug-likeness (QED) is 0.251. The molecular formula is C16H26O9. The van der Waals surface area contributed by atoms with Crippen LogP contribution >= 0.6 is 0 Å². The fourth-order valence-electron chi connectivity index (χ4n) is 3.28. The van der Waals surface area contributed by atoms with E-state index in [1.54, 1.807) is 6.08 Å². The van der Waals surface area contributed by atoms with Crippen molar-refractivity contribution < 1.29 is 44.5 Å². The molecule has 25 heavy (non-hydrogen) atoms. The zero-order valence-corrected chi connectivity index (χ0v) is 13.8. The smallest absolute Gasteiger partial charge is 0.311 e. The van der Waals surface area contributed by atoms with E-state index in [0.717, 1.165) is 0 Å². The monoisotopic (exact) mass is 362 g/mol. The van der Waals surface area contributed by atoms with E-state index < -0.39 is 49.2 Å². The Morgan fingerprint density at radius 2 is 1.92 bits per heavy atom. The summed E-state index contributed by atoms with van der Waals surface area (Å²) in [5, 5.41) is 48.1. The summed E-state index contributed by atoms with van der Waals surface area (Å²) in [6.07, 6.45) is -4.65. The van der Waals surface area contributed by atoms with E-state index in [1.807, 2.05) is 0 Å². The van der Waals surface area contributed by atoms with E-state index in [0.29, 0.717) is 6.42 Å². The summed E-state index contributed by atoms with van der Waals surface area (Å²) in [6.45, 7) is 3.08. The molecule has 144 valence electrons. The van der Waals surface area contributed by atoms with Crippen molar-refractivity contribution in [3.63, 3.8) is 0 Å². The Bertz CT molecular complexity index is 455. The molecule has 9 heteroatoms. The van der Waals surface area contributed by atoms with Gasteiger partial charge < -0.3 is 39.7 Å². The maximum absolute atomic E-state index is 11.8. The highest BCUT2D eigenvalue weighted by Gasteiger charge is 2.45. The van der Waals surface area contributed by atoms with Gasteiger partial charge in [0.2, 0.25) is 0 Å². The van der Waals surface area contributed by atoms with Crippen LogP contribution in [0.1, 0.15) is 6.42 Å². The van der Waals surface area contributed by atoms with Gasteiger partial charge in [-0.3, -0.25) is 4.79 Å². The number of ether oxygens (including phenoxy) is 3. The maximum atomic E-state index is 11.8. The number of cyclic esters (lactones) is 1. The van der Waals surface area contributed by atoms with E-state index in [1.165, 1.54) is 0 Å². The summed E-state index contributed by atoms with van der Waals surface area (Å²) in [7, 11) is 0. The second-order valence-electron chi connectivity index (χ2n) is 6.34. The van der Waals surface area contributed by atoms with Gasteiger partial charge in [-0.1, -0.05) is 6.08 Å². The highest BCUT2D eigenvalue weighted by Crippen LogP contribution is 2.32. The molecule has 2 rings (SSSR count). The zero-order valence-electron chi connectivity index (χ0n) is 13.8. The summed E-state index contributed by atoms with van der Waals surface area (Å²) in [4.78, 5) is 11.8. The average Bonchev–Trinajstić information content (AvgIpc) is 2.62. The summed E-state index contributed by atoms with van der Waals surface area (Å²) >= 11 is 0. The third-order valence-corrected chi connectivity index (χ3v) is 4.87. The first-order valence-electron chi connectivity index (χ1n) is 8.26. The molecule has 0 unspecified atom stereocenters. The minimum Gasteiger partial charge on any atom is -0.465 e. The first-order valence-corrected chi connectivity index (χ1v) is 8.26. The Hall–Kier alpha value is -1.07. The molecule has 0 radical (unpaired) electrons. The van der Waals surface area contributed by atoms with Crippen molar-refractivity contribution in [1.29, 1.82) is 0 Å². The number of carbonyl (C=O) groups excluding carboxylic acids is 1. The number of hydrogen-bond acceptors (Lipinski definition) is 9. The van der Waals surface area contributed by atoms with Gasteiger partial charge in [-0.2, -0.15) is 0 Å². The van der Waals surface area contributed by atoms with Gasteiger partial charge >= 0.3 is 5.97 Å². The Morgan fingerprint density at radius 1 is 1.20 bits per heavy atom. The molecule has 0 aromatic rings. The van der Waals surface area contributed by atoms with Crippen LogP contribution in [0.4, 0.5) is 0 Å². The third kappa shape index (κ3) is 4.37. The van der Waals surface area contributed by atoms with Gasteiger partial charge in [-0.25, -0.2) is 0 Å². The van der Waals surface area contributed by atoms with Crippen molar-refractivity contribution in [2.24, 2.45) is 17.8 Å². The minimum atomic E-state index is -1.52. The number of rotatable bonds is 7. The molecule has 0 aromatic carbocycles. The lowest BCUT2D eigenvalue weighted by Gasteiger charge is -2.40. The standard InChI is InChI=1S/C16H26O9/c1-2-8(9-3-4-23-15(22)10(9)5-17)7-24-16-14(21)13(20)12(19)11(6-18)25-16/h2,8-14,16-21H,1,3-7H2/t8-,9-,10-,11+,12+,13-,14+,16+/m0/s1. The van der Waals surface area contributed by atoms with Gasteiger partial charge in [0.05, 0.1) is 32.3 Å². The predicted molar refractivity (Wildman–Crippen MR) is 83.0 cm³/mol. The molecule has 2 heterocycles. The van der Waals surface area contributed by atoms with Gasteiger partial charge in [0.25, 0.3) is 0 Å². The Balaban J connectivity index is 1.99. The predicted octanol–water partition coefficient (Wildman–Crippen LogP) is -2.22. The second-order valence-corrected chi connectivity index (χ2v) is 6.34. The molecule has 0 saturated carbocycles. The van der Waals surface area contributed by atoms with Gasteiger partial charge in [0.15, 0.2) is 6.29 Å². The molecule has 9 nitrogen and oxygen atoms in total. The lowest BCUT2D eigenvalue weighted by molar-refractivity contribution is -0.303. The summed E-state index contributed by atoms with van der Waals surface area (Å²) < 4.78 is 15.7. The normalized spacial score (nSPS) is 40.4. The molecule has 0 aliphatic carbocycles.